The van der Waals surface area contributed by atoms with Crippen LogP contribution >= 0.6 is 0 Å². The molecule has 144 valence electrons. The molecule has 1 aliphatic rings. The van der Waals surface area contributed by atoms with Crippen molar-refractivity contribution >= 4 is 23.1 Å². The third-order valence-electron chi connectivity index (χ3n) is 4.88. The Labute approximate surface area is 165 Å². The summed E-state index contributed by atoms with van der Waals surface area (Å²) in [5.74, 6) is 2.87. The Balaban J connectivity index is 1.70. The molecule has 6 nitrogen and oxygen atoms in total. The molecule has 2 heterocycles. The van der Waals surface area contributed by atoms with E-state index in [4.69, 9.17) is 14.5 Å². The number of methoxy groups -OCH3 is 2. The van der Waals surface area contributed by atoms with Gasteiger partial charge in [-0.1, -0.05) is 18.2 Å². The summed E-state index contributed by atoms with van der Waals surface area (Å²) >= 11 is 0. The molecular weight excluding hydrogens is 352 g/mol. The number of nitrogens with one attached hydrogen (secondary N) is 1. The number of ether oxygens (including phenoxy) is 2. The molecule has 0 fully saturated rings. The van der Waals surface area contributed by atoms with Crippen LogP contribution in [-0.2, 0) is 6.42 Å². The van der Waals surface area contributed by atoms with Crippen LogP contribution in [0.5, 0.6) is 11.5 Å². The van der Waals surface area contributed by atoms with Crippen molar-refractivity contribution in [3.63, 3.8) is 0 Å². The van der Waals surface area contributed by atoms with Gasteiger partial charge in [0, 0.05) is 30.1 Å². The van der Waals surface area contributed by atoms with E-state index in [1.54, 1.807) is 14.2 Å². The molecule has 1 N–H and O–H groups in total. The van der Waals surface area contributed by atoms with Gasteiger partial charge in [0.1, 0.15) is 17.3 Å². The summed E-state index contributed by atoms with van der Waals surface area (Å²) in [5.41, 5.74) is 4.24. The zero-order valence-electron chi connectivity index (χ0n) is 16.4. The van der Waals surface area contributed by atoms with Crippen LogP contribution in [0.2, 0.25) is 0 Å². The lowest BCUT2D eigenvalue weighted by atomic mass is 10.0. The van der Waals surface area contributed by atoms with Gasteiger partial charge in [-0.3, -0.25) is 0 Å². The number of anilines is 4. The van der Waals surface area contributed by atoms with Crippen LogP contribution < -0.4 is 19.7 Å². The molecule has 0 saturated carbocycles. The fourth-order valence-corrected chi connectivity index (χ4v) is 3.55. The summed E-state index contributed by atoms with van der Waals surface area (Å²) in [7, 11) is 3.28. The molecule has 2 aromatic carbocycles. The van der Waals surface area contributed by atoms with Crippen LogP contribution in [0.3, 0.4) is 0 Å². The second-order valence-electron chi connectivity index (χ2n) is 6.77. The average molecular weight is 376 g/mol. The lowest BCUT2D eigenvalue weighted by Gasteiger charge is -2.30. The molecular formula is C22H24N4O2. The van der Waals surface area contributed by atoms with E-state index in [0.717, 1.165) is 42.3 Å². The van der Waals surface area contributed by atoms with Crippen molar-refractivity contribution in [2.45, 2.75) is 19.8 Å². The molecule has 28 heavy (non-hydrogen) atoms. The first-order valence-corrected chi connectivity index (χ1v) is 9.38. The van der Waals surface area contributed by atoms with Crippen molar-refractivity contribution in [1.29, 1.82) is 0 Å². The lowest BCUT2D eigenvalue weighted by molar-refractivity contribution is 0.405. The normalized spacial score (nSPS) is 13.0. The standard InChI is InChI=1S/C22H24N4O2/c1-15-13-21(26-12-6-8-16-7-4-5-9-19(16)26)25-22(23-15)24-18-14-17(27-2)10-11-20(18)28-3/h4-5,7,9-11,13-14H,6,8,12H2,1-3H3,(H,23,24,25). The Kier molecular flexibility index (Phi) is 5.02. The molecule has 0 unspecified atom stereocenters. The summed E-state index contributed by atoms with van der Waals surface area (Å²) in [6, 6.07) is 16.1. The van der Waals surface area contributed by atoms with Gasteiger partial charge in [0.25, 0.3) is 0 Å². The van der Waals surface area contributed by atoms with Gasteiger partial charge in [0.2, 0.25) is 5.95 Å². The average Bonchev–Trinajstić information content (AvgIpc) is 2.72. The number of hydrogen-bond donors (Lipinski definition) is 1. The number of aryl methyl sites for hydroxylation is 2. The highest BCUT2D eigenvalue weighted by atomic mass is 16.5. The maximum atomic E-state index is 5.46. The maximum absolute atomic E-state index is 5.46. The quantitative estimate of drug-likeness (QED) is 0.701. The van der Waals surface area contributed by atoms with Gasteiger partial charge in [-0.2, -0.15) is 4.98 Å². The van der Waals surface area contributed by atoms with Gasteiger partial charge < -0.3 is 19.7 Å². The Morgan fingerprint density at radius 1 is 1.00 bits per heavy atom. The highest BCUT2D eigenvalue weighted by Crippen LogP contribution is 2.34. The van der Waals surface area contributed by atoms with E-state index in [-0.39, 0.29) is 0 Å². The second kappa shape index (κ2) is 7.76. The highest BCUT2D eigenvalue weighted by molar-refractivity contribution is 5.69. The van der Waals surface area contributed by atoms with E-state index in [0.29, 0.717) is 11.7 Å². The summed E-state index contributed by atoms with van der Waals surface area (Å²) < 4.78 is 10.8. The minimum atomic E-state index is 0.532. The first-order valence-electron chi connectivity index (χ1n) is 9.38. The monoisotopic (exact) mass is 376 g/mol. The number of nitrogens with zero attached hydrogens (tertiary/aromatic N) is 3. The number of rotatable bonds is 5. The number of hydrogen-bond acceptors (Lipinski definition) is 6. The van der Waals surface area contributed by atoms with E-state index < -0.39 is 0 Å². The third kappa shape index (κ3) is 3.58. The van der Waals surface area contributed by atoms with Crippen LogP contribution in [0.15, 0.2) is 48.5 Å². The van der Waals surface area contributed by atoms with Crippen molar-refractivity contribution in [1.82, 2.24) is 9.97 Å². The van der Waals surface area contributed by atoms with Crippen LogP contribution in [0.25, 0.3) is 0 Å². The van der Waals surface area contributed by atoms with Gasteiger partial charge in [0.05, 0.1) is 19.9 Å². The highest BCUT2D eigenvalue weighted by Gasteiger charge is 2.20. The largest absolute Gasteiger partial charge is 0.497 e. The predicted octanol–water partition coefficient (Wildman–Crippen LogP) is 4.63. The van der Waals surface area contributed by atoms with Crippen molar-refractivity contribution < 1.29 is 9.47 Å². The predicted molar refractivity (Wildman–Crippen MR) is 111 cm³/mol. The molecule has 0 amide bonds. The van der Waals surface area contributed by atoms with Crippen molar-refractivity contribution in [2.75, 3.05) is 31.0 Å². The number of aromatic nitrogens is 2. The van der Waals surface area contributed by atoms with Crippen molar-refractivity contribution in [2.24, 2.45) is 0 Å². The van der Waals surface area contributed by atoms with Crippen LogP contribution in [0, 0.1) is 6.92 Å². The Bertz CT molecular complexity index is 990. The molecule has 3 aromatic rings. The molecule has 0 bridgehead atoms. The molecule has 0 atom stereocenters. The lowest BCUT2D eigenvalue weighted by Crippen LogP contribution is -2.25. The van der Waals surface area contributed by atoms with E-state index in [2.05, 4.69) is 39.5 Å². The van der Waals surface area contributed by atoms with Crippen LogP contribution in [0.1, 0.15) is 17.7 Å². The molecule has 6 heteroatoms. The van der Waals surface area contributed by atoms with Crippen molar-refractivity contribution in [3.05, 3.63) is 59.8 Å². The third-order valence-corrected chi connectivity index (χ3v) is 4.88. The first-order chi connectivity index (χ1) is 13.7. The minimum Gasteiger partial charge on any atom is -0.497 e. The van der Waals surface area contributed by atoms with E-state index in [9.17, 15) is 0 Å². The summed E-state index contributed by atoms with van der Waals surface area (Å²) in [5, 5.41) is 3.29. The van der Waals surface area contributed by atoms with Gasteiger partial charge in [-0.05, 0) is 43.5 Å². The van der Waals surface area contributed by atoms with Crippen LogP contribution in [0.4, 0.5) is 23.1 Å². The van der Waals surface area contributed by atoms with Crippen LogP contribution in [-0.4, -0.2) is 30.7 Å². The number of benzene rings is 2. The SMILES string of the molecule is COc1ccc(OC)c(Nc2nc(C)cc(N3CCCc4ccccc43)n2)c1. The molecule has 0 saturated heterocycles. The van der Waals surface area contributed by atoms with Gasteiger partial charge in [-0.15, -0.1) is 0 Å². The fraction of sp³-hybridized carbons (Fsp3) is 0.273. The first kappa shape index (κ1) is 18.1. The zero-order valence-corrected chi connectivity index (χ0v) is 16.4. The van der Waals surface area contributed by atoms with Crippen molar-refractivity contribution in [3.8, 4) is 11.5 Å². The molecule has 4 rings (SSSR count). The second-order valence-corrected chi connectivity index (χ2v) is 6.77. The van der Waals surface area contributed by atoms with Gasteiger partial charge in [-0.25, -0.2) is 4.98 Å². The number of fused-ring (bicyclic) bond motifs is 1. The van der Waals surface area contributed by atoms with E-state index in [1.807, 2.05) is 31.2 Å². The number of para-hydroxylation sites is 1. The van der Waals surface area contributed by atoms with E-state index in [1.165, 1.54) is 11.3 Å². The summed E-state index contributed by atoms with van der Waals surface area (Å²) in [6.45, 7) is 2.92. The van der Waals surface area contributed by atoms with Gasteiger partial charge in [0.15, 0.2) is 0 Å². The molecule has 1 aliphatic heterocycles. The minimum absolute atomic E-state index is 0.532. The van der Waals surface area contributed by atoms with Gasteiger partial charge >= 0.3 is 0 Å². The smallest absolute Gasteiger partial charge is 0.229 e. The molecule has 0 aliphatic carbocycles. The Hall–Kier alpha value is -3.28. The topological polar surface area (TPSA) is 59.5 Å². The maximum Gasteiger partial charge on any atom is 0.229 e. The van der Waals surface area contributed by atoms with E-state index >= 15 is 0 Å². The fourth-order valence-electron chi connectivity index (χ4n) is 3.55. The summed E-state index contributed by atoms with van der Waals surface area (Å²) in [4.78, 5) is 11.6. The summed E-state index contributed by atoms with van der Waals surface area (Å²) in [6.07, 6.45) is 2.20. The zero-order chi connectivity index (χ0) is 19.5. The Morgan fingerprint density at radius 3 is 2.68 bits per heavy atom. The molecule has 0 spiro atoms. The Morgan fingerprint density at radius 2 is 1.86 bits per heavy atom. The molecule has 1 aromatic heterocycles. The molecule has 0 radical (unpaired) electrons.